The molecule has 2 aromatic heterocycles. The minimum Gasteiger partial charge on any atom is -0.508 e. The number of phenolic OH excluding ortho intramolecular Hbond substituents is 1. The highest BCUT2D eigenvalue weighted by molar-refractivity contribution is 7.17. The fourth-order valence-electron chi connectivity index (χ4n) is 2.93. The highest BCUT2D eigenvalue weighted by Crippen LogP contribution is 2.26. The van der Waals surface area contributed by atoms with Gasteiger partial charge in [-0.2, -0.15) is 0 Å². The van der Waals surface area contributed by atoms with E-state index < -0.39 is 0 Å². The number of fused-ring (bicyclic) bond motifs is 1. The van der Waals surface area contributed by atoms with Crippen LogP contribution in [0.25, 0.3) is 10.2 Å². The molecule has 136 valence electrons. The Hall–Kier alpha value is -3.25. The molecule has 0 bridgehead atoms. The second kappa shape index (κ2) is 7.17. The van der Waals surface area contributed by atoms with E-state index in [1.165, 1.54) is 0 Å². The van der Waals surface area contributed by atoms with Crippen LogP contribution in [0.2, 0.25) is 0 Å². The number of aromatic hydroxyl groups is 1. The van der Waals surface area contributed by atoms with Crippen LogP contribution in [0.5, 0.6) is 11.5 Å². The van der Waals surface area contributed by atoms with E-state index in [9.17, 15) is 9.90 Å². The number of nitrogens with one attached hydrogen (secondary N) is 1. The molecule has 2 N–H and O–H groups in total. The highest BCUT2D eigenvalue weighted by atomic mass is 32.1. The summed E-state index contributed by atoms with van der Waals surface area (Å²) >= 11 is 1.62. The van der Waals surface area contributed by atoms with Crippen LogP contribution in [0, 0.1) is 0 Å². The number of aryl methyl sites for hydroxylation is 1. The number of anilines is 1. The van der Waals surface area contributed by atoms with Crippen LogP contribution in [-0.4, -0.2) is 15.6 Å². The third-order valence-corrected chi connectivity index (χ3v) is 5.25. The molecule has 0 fully saturated rings. The summed E-state index contributed by atoms with van der Waals surface area (Å²) in [5.41, 5.74) is 3.25. The Bertz CT molecular complexity index is 1100. The number of para-hydroxylation sites is 1. The normalized spacial score (nSPS) is 10.9. The fraction of sp³-hybridized carbons (Fsp3) is 0.0952. The van der Waals surface area contributed by atoms with Crippen molar-refractivity contribution in [2.75, 3.05) is 5.32 Å². The van der Waals surface area contributed by atoms with Gasteiger partial charge in [-0.3, -0.25) is 4.79 Å². The predicted octanol–water partition coefficient (Wildman–Crippen LogP) is 4.78. The topological polar surface area (TPSA) is 63.5 Å². The average Bonchev–Trinajstić information content (AvgIpc) is 3.25. The summed E-state index contributed by atoms with van der Waals surface area (Å²) in [5.74, 6) is 0.687. The van der Waals surface area contributed by atoms with E-state index in [4.69, 9.17) is 4.74 Å². The van der Waals surface area contributed by atoms with Crippen LogP contribution >= 0.6 is 11.3 Å². The van der Waals surface area contributed by atoms with Crippen LogP contribution in [0.3, 0.4) is 0 Å². The van der Waals surface area contributed by atoms with Gasteiger partial charge in [0.15, 0.2) is 0 Å². The number of thiophene rings is 1. The molecule has 2 heterocycles. The van der Waals surface area contributed by atoms with Crippen molar-refractivity contribution < 1.29 is 14.6 Å². The lowest BCUT2D eigenvalue weighted by Gasteiger charge is -2.13. The van der Waals surface area contributed by atoms with Crippen molar-refractivity contribution in [2.45, 2.75) is 6.61 Å². The summed E-state index contributed by atoms with van der Waals surface area (Å²) < 4.78 is 8.76. The number of carbonyl (C=O) groups is 1. The van der Waals surface area contributed by atoms with Gasteiger partial charge in [-0.15, -0.1) is 11.3 Å². The highest BCUT2D eigenvalue weighted by Gasteiger charge is 2.15. The first-order chi connectivity index (χ1) is 13.1. The van der Waals surface area contributed by atoms with Crippen LogP contribution in [-0.2, 0) is 13.7 Å². The van der Waals surface area contributed by atoms with Crippen LogP contribution in [0.15, 0.2) is 66.0 Å². The molecule has 0 atom stereocenters. The molecule has 0 aliphatic carbocycles. The number of ether oxygens (including phenoxy) is 1. The van der Waals surface area contributed by atoms with Crippen LogP contribution in [0.1, 0.15) is 16.1 Å². The average molecular weight is 378 g/mol. The Morgan fingerprint density at radius 2 is 1.93 bits per heavy atom. The quantitative estimate of drug-likeness (QED) is 0.525. The van der Waals surface area contributed by atoms with Gasteiger partial charge in [0.05, 0.1) is 10.2 Å². The van der Waals surface area contributed by atoms with E-state index >= 15 is 0 Å². The molecule has 0 spiro atoms. The van der Waals surface area contributed by atoms with E-state index in [1.807, 2.05) is 53.4 Å². The molecule has 4 aromatic rings. The molecule has 0 aliphatic heterocycles. The molecule has 2 aromatic carbocycles. The van der Waals surface area contributed by atoms with Crippen LogP contribution < -0.4 is 10.1 Å². The maximum absolute atomic E-state index is 12.8. The van der Waals surface area contributed by atoms with Crippen molar-refractivity contribution in [1.29, 1.82) is 0 Å². The Kier molecular flexibility index (Phi) is 4.56. The molecule has 0 saturated heterocycles. The molecule has 27 heavy (non-hydrogen) atoms. The maximum Gasteiger partial charge on any atom is 0.272 e. The number of hydrogen-bond acceptors (Lipinski definition) is 4. The second-order valence-electron chi connectivity index (χ2n) is 6.15. The standard InChI is InChI=1S/C21H18N2O3S/c1-23-18-10-11-27-20(18)12-19(23)21(25)22-17-5-3-2-4-14(17)13-26-16-8-6-15(24)7-9-16/h2-12,24H,13H2,1H3,(H,22,25). The summed E-state index contributed by atoms with van der Waals surface area (Å²) in [4.78, 5) is 12.8. The number of amides is 1. The maximum atomic E-state index is 12.8. The summed E-state index contributed by atoms with van der Waals surface area (Å²) in [6, 6.07) is 18.0. The van der Waals surface area contributed by atoms with Gasteiger partial charge in [0.25, 0.3) is 5.91 Å². The van der Waals surface area contributed by atoms with Crippen LogP contribution in [0.4, 0.5) is 5.69 Å². The first-order valence-electron chi connectivity index (χ1n) is 8.46. The molecule has 5 nitrogen and oxygen atoms in total. The van der Waals surface area contributed by atoms with Gasteiger partial charge >= 0.3 is 0 Å². The minimum atomic E-state index is -0.155. The molecular weight excluding hydrogens is 360 g/mol. The molecule has 0 saturated carbocycles. The van der Waals surface area contributed by atoms with Crippen molar-refractivity contribution >= 4 is 33.1 Å². The minimum absolute atomic E-state index is 0.155. The zero-order valence-corrected chi connectivity index (χ0v) is 15.5. The fourth-order valence-corrected chi connectivity index (χ4v) is 3.77. The van der Waals surface area contributed by atoms with E-state index in [1.54, 1.807) is 35.6 Å². The second-order valence-corrected chi connectivity index (χ2v) is 7.10. The van der Waals surface area contributed by atoms with Crippen molar-refractivity contribution in [3.63, 3.8) is 0 Å². The van der Waals surface area contributed by atoms with Crippen molar-refractivity contribution in [1.82, 2.24) is 4.57 Å². The summed E-state index contributed by atoms with van der Waals surface area (Å²) in [6.07, 6.45) is 0. The Labute approximate surface area is 160 Å². The summed E-state index contributed by atoms with van der Waals surface area (Å²) in [6.45, 7) is 0.309. The summed E-state index contributed by atoms with van der Waals surface area (Å²) in [7, 11) is 1.89. The molecule has 0 aliphatic rings. The SMILES string of the molecule is Cn1c(C(=O)Nc2ccccc2COc2ccc(O)cc2)cc2sccc21. The lowest BCUT2D eigenvalue weighted by Crippen LogP contribution is -2.17. The number of phenols is 1. The molecule has 1 amide bonds. The number of carbonyl (C=O) groups excluding carboxylic acids is 1. The number of hydrogen-bond donors (Lipinski definition) is 2. The van der Waals surface area contributed by atoms with Gasteiger partial charge in [-0.25, -0.2) is 0 Å². The van der Waals surface area contributed by atoms with E-state index in [2.05, 4.69) is 5.32 Å². The molecule has 4 rings (SSSR count). The number of benzene rings is 2. The van der Waals surface area contributed by atoms with Gasteiger partial charge in [0.2, 0.25) is 0 Å². The lowest BCUT2D eigenvalue weighted by molar-refractivity contribution is 0.101. The monoisotopic (exact) mass is 378 g/mol. The van der Waals surface area contributed by atoms with E-state index in [0.717, 1.165) is 15.8 Å². The number of rotatable bonds is 5. The first-order valence-corrected chi connectivity index (χ1v) is 9.34. The van der Waals surface area contributed by atoms with Gasteiger partial charge in [0.1, 0.15) is 23.8 Å². The zero-order chi connectivity index (χ0) is 18.8. The third kappa shape index (κ3) is 3.52. The van der Waals surface area contributed by atoms with Gasteiger partial charge in [-0.1, -0.05) is 18.2 Å². The molecule has 0 unspecified atom stereocenters. The van der Waals surface area contributed by atoms with Crippen molar-refractivity contribution in [2.24, 2.45) is 7.05 Å². The predicted molar refractivity (Wildman–Crippen MR) is 108 cm³/mol. The Morgan fingerprint density at radius 1 is 1.15 bits per heavy atom. The van der Waals surface area contributed by atoms with Gasteiger partial charge in [-0.05, 0) is 47.8 Å². The number of aromatic nitrogens is 1. The largest absolute Gasteiger partial charge is 0.508 e. The number of nitrogens with zero attached hydrogens (tertiary/aromatic N) is 1. The Balaban J connectivity index is 1.52. The molecule has 6 heteroatoms. The third-order valence-electron chi connectivity index (χ3n) is 4.39. The van der Waals surface area contributed by atoms with E-state index in [-0.39, 0.29) is 11.7 Å². The van der Waals surface area contributed by atoms with Crippen molar-refractivity contribution in [3.05, 3.63) is 77.3 Å². The van der Waals surface area contributed by atoms with Gasteiger partial charge in [0, 0.05) is 18.3 Å². The summed E-state index contributed by atoms with van der Waals surface area (Å²) in [5, 5.41) is 14.4. The smallest absolute Gasteiger partial charge is 0.272 e. The lowest BCUT2D eigenvalue weighted by atomic mass is 10.2. The van der Waals surface area contributed by atoms with Crippen molar-refractivity contribution in [3.8, 4) is 11.5 Å². The molecular formula is C21H18N2O3S. The zero-order valence-electron chi connectivity index (χ0n) is 14.7. The molecule has 0 radical (unpaired) electrons. The Morgan fingerprint density at radius 3 is 2.70 bits per heavy atom. The van der Waals surface area contributed by atoms with E-state index in [0.29, 0.717) is 23.7 Å². The van der Waals surface area contributed by atoms with Gasteiger partial charge < -0.3 is 19.7 Å². The first kappa shape index (κ1) is 17.2.